The zero-order valence-corrected chi connectivity index (χ0v) is 12.5. The van der Waals surface area contributed by atoms with Gasteiger partial charge in [-0.2, -0.15) is 0 Å². The van der Waals surface area contributed by atoms with Gasteiger partial charge in [0.05, 0.1) is 7.11 Å². The third kappa shape index (κ3) is 2.71. The van der Waals surface area contributed by atoms with Crippen LogP contribution in [0.15, 0.2) is 18.2 Å². The molecule has 1 heterocycles. The molecule has 1 aliphatic heterocycles. The fraction of sp³-hybridized carbons (Fsp3) is 0.625. The van der Waals surface area contributed by atoms with Crippen molar-refractivity contribution in [2.75, 3.05) is 18.6 Å². The van der Waals surface area contributed by atoms with Gasteiger partial charge in [-0.3, -0.25) is 0 Å². The normalized spacial score (nSPS) is 25.2. The summed E-state index contributed by atoms with van der Waals surface area (Å²) in [6.45, 7) is 7.79. The van der Waals surface area contributed by atoms with Crippen molar-refractivity contribution < 1.29 is 4.74 Å². The van der Waals surface area contributed by atoms with E-state index in [9.17, 15) is 0 Å². The van der Waals surface area contributed by atoms with Gasteiger partial charge < -0.3 is 15.4 Å². The predicted molar refractivity (Wildman–Crippen MR) is 80.8 cm³/mol. The molecule has 0 radical (unpaired) electrons. The largest absolute Gasteiger partial charge is 0.496 e. The molecule has 1 aromatic rings. The van der Waals surface area contributed by atoms with Gasteiger partial charge >= 0.3 is 0 Å². The van der Waals surface area contributed by atoms with Crippen LogP contribution in [0.3, 0.4) is 0 Å². The Kier molecular flexibility index (Phi) is 4.35. The van der Waals surface area contributed by atoms with Gasteiger partial charge in [0.1, 0.15) is 5.75 Å². The summed E-state index contributed by atoms with van der Waals surface area (Å²) >= 11 is 0. The van der Waals surface area contributed by atoms with Crippen molar-refractivity contribution in [2.24, 2.45) is 11.7 Å². The minimum atomic E-state index is -0.0180. The van der Waals surface area contributed by atoms with Crippen molar-refractivity contribution in [1.82, 2.24) is 0 Å². The summed E-state index contributed by atoms with van der Waals surface area (Å²) in [6, 6.07) is 6.77. The Morgan fingerprint density at radius 2 is 2.11 bits per heavy atom. The van der Waals surface area contributed by atoms with Crippen LogP contribution in [0.5, 0.6) is 5.75 Å². The van der Waals surface area contributed by atoms with Crippen molar-refractivity contribution in [3.8, 4) is 5.75 Å². The van der Waals surface area contributed by atoms with Gasteiger partial charge in [-0.1, -0.05) is 13.0 Å². The molecule has 1 aliphatic rings. The summed E-state index contributed by atoms with van der Waals surface area (Å²) < 4.78 is 5.49. The molecule has 0 aliphatic carbocycles. The molecule has 1 saturated heterocycles. The van der Waals surface area contributed by atoms with Crippen LogP contribution in [0.25, 0.3) is 0 Å². The number of nitrogens with zero attached hydrogens (tertiary/aromatic N) is 1. The van der Waals surface area contributed by atoms with E-state index in [1.165, 1.54) is 18.5 Å². The van der Waals surface area contributed by atoms with Gasteiger partial charge in [0.15, 0.2) is 0 Å². The fourth-order valence-corrected chi connectivity index (χ4v) is 3.09. The number of nitrogens with two attached hydrogens (primary N) is 1. The number of hydrogen-bond acceptors (Lipinski definition) is 3. The maximum atomic E-state index is 6.17. The first-order valence-corrected chi connectivity index (χ1v) is 7.25. The molecule has 0 amide bonds. The number of ether oxygens (including phenoxy) is 1. The van der Waals surface area contributed by atoms with E-state index in [0.29, 0.717) is 6.04 Å². The van der Waals surface area contributed by atoms with Gasteiger partial charge in [0, 0.05) is 29.9 Å². The highest BCUT2D eigenvalue weighted by molar-refractivity contribution is 5.61. The van der Waals surface area contributed by atoms with Gasteiger partial charge in [-0.05, 0) is 44.7 Å². The Morgan fingerprint density at radius 3 is 2.74 bits per heavy atom. The van der Waals surface area contributed by atoms with E-state index >= 15 is 0 Å². The number of methoxy groups -OCH3 is 1. The Morgan fingerprint density at radius 1 is 1.37 bits per heavy atom. The number of piperidine rings is 1. The number of anilines is 1. The molecule has 2 N–H and O–H groups in total. The molecule has 19 heavy (non-hydrogen) atoms. The van der Waals surface area contributed by atoms with E-state index in [2.05, 4.69) is 30.9 Å². The lowest BCUT2D eigenvalue weighted by molar-refractivity contribution is 0.361. The van der Waals surface area contributed by atoms with Crippen LogP contribution in [0.4, 0.5) is 5.69 Å². The monoisotopic (exact) mass is 262 g/mol. The lowest BCUT2D eigenvalue weighted by Gasteiger charge is -2.41. The molecular weight excluding hydrogens is 236 g/mol. The van der Waals surface area contributed by atoms with E-state index in [-0.39, 0.29) is 6.04 Å². The Bertz CT molecular complexity index is 431. The van der Waals surface area contributed by atoms with Crippen molar-refractivity contribution >= 4 is 5.69 Å². The lowest BCUT2D eigenvalue weighted by atomic mass is 9.90. The predicted octanol–water partition coefficient (Wildman–Crippen LogP) is 3.34. The van der Waals surface area contributed by atoms with E-state index in [1.807, 2.05) is 13.0 Å². The van der Waals surface area contributed by atoms with Gasteiger partial charge in [0.2, 0.25) is 0 Å². The first kappa shape index (κ1) is 14.2. The number of benzene rings is 1. The van der Waals surface area contributed by atoms with Crippen LogP contribution >= 0.6 is 0 Å². The highest BCUT2D eigenvalue weighted by Gasteiger charge is 2.27. The first-order chi connectivity index (χ1) is 9.06. The topological polar surface area (TPSA) is 38.5 Å². The summed E-state index contributed by atoms with van der Waals surface area (Å²) in [7, 11) is 1.72. The Balaban J connectivity index is 2.43. The van der Waals surface area contributed by atoms with E-state index < -0.39 is 0 Å². The van der Waals surface area contributed by atoms with Crippen LogP contribution in [0, 0.1) is 5.92 Å². The molecule has 3 heteroatoms. The zero-order valence-electron chi connectivity index (χ0n) is 12.5. The second-order valence-electron chi connectivity index (χ2n) is 5.74. The number of rotatable bonds is 3. The standard InChI is InChI=1S/C16H26N2O/c1-11-7-6-10-18(13(11)3)14-8-5-9-15(19-4)16(14)12(2)17/h5,8-9,11-13H,6-7,10,17H2,1-4H3/t11?,12-,13?/m0/s1. The van der Waals surface area contributed by atoms with Crippen LogP contribution in [0.1, 0.15) is 45.2 Å². The smallest absolute Gasteiger partial charge is 0.125 e. The van der Waals surface area contributed by atoms with Gasteiger partial charge in [0.25, 0.3) is 0 Å². The van der Waals surface area contributed by atoms with Crippen LogP contribution < -0.4 is 15.4 Å². The molecule has 0 aromatic heterocycles. The van der Waals surface area contributed by atoms with Crippen LogP contribution in [-0.4, -0.2) is 19.7 Å². The average Bonchev–Trinajstić information content (AvgIpc) is 2.40. The van der Waals surface area contributed by atoms with Crippen molar-refractivity contribution in [3.63, 3.8) is 0 Å². The van der Waals surface area contributed by atoms with Crippen LogP contribution in [-0.2, 0) is 0 Å². The molecule has 1 aromatic carbocycles. The van der Waals surface area contributed by atoms with E-state index in [4.69, 9.17) is 10.5 Å². The quantitative estimate of drug-likeness (QED) is 0.908. The summed E-state index contributed by atoms with van der Waals surface area (Å²) in [4.78, 5) is 2.50. The SMILES string of the molecule is COc1cccc(N2CCCC(C)C2C)c1[C@H](C)N. The van der Waals surface area contributed by atoms with Crippen molar-refractivity contribution in [1.29, 1.82) is 0 Å². The minimum absolute atomic E-state index is 0.0180. The summed E-state index contributed by atoms with van der Waals surface area (Å²) in [6.07, 6.45) is 2.57. The second-order valence-corrected chi connectivity index (χ2v) is 5.74. The fourth-order valence-electron chi connectivity index (χ4n) is 3.09. The molecule has 3 nitrogen and oxygen atoms in total. The molecule has 0 bridgehead atoms. The van der Waals surface area contributed by atoms with E-state index in [0.717, 1.165) is 23.8 Å². The highest BCUT2D eigenvalue weighted by Crippen LogP contribution is 2.37. The third-order valence-corrected chi connectivity index (χ3v) is 4.40. The molecule has 106 valence electrons. The lowest BCUT2D eigenvalue weighted by Crippen LogP contribution is -2.43. The molecule has 2 rings (SSSR count). The maximum Gasteiger partial charge on any atom is 0.125 e. The summed E-state index contributed by atoms with van der Waals surface area (Å²) in [5, 5.41) is 0. The summed E-state index contributed by atoms with van der Waals surface area (Å²) in [5.41, 5.74) is 8.55. The summed E-state index contributed by atoms with van der Waals surface area (Å²) in [5.74, 6) is 1.62. The van der Waals surface area contributed by atoms with E-state index in [1.54, 1.807) is 7.11 Å². The highest BCUT2D eigenvalue weighted by atomic mass is 16.5. The van der Waals surface area contributed by atoms with Crippen molar-refractivity contribution in [3.05, 3.63) is 23.8 Å². The molecule has 2 unspecified atom stereocenters. The Labute approximate surface area is 116 Å². The average molecular weight is 262 g/mol. The Hall–Kier alpha value is -1.22. The first-order valence-electron chi connectivity index (χ1n) is 7.25. The molecule has 1 fully saturated rings. The molecule has 3 atom stereocenters. The third-order valence-electron chi connectivity index (χ3n) is 4.40. The minimum Gasteiger partial charge on any atom is -0.496 e. The molecular formula is C16H26N2O. The van der Waals surface area contributed by atoms with Gasteiger partial charge in [-0.25, -0.2) is 0 Å². The molecule has 0 spiro atoms. The number of hydrogen-bond donors (Lipinski definition) is 1. The zero-order chi connectivity index (χ0) is 14.0. The van der Waals surface area contributed by atoms with Gasteiger partial charge in [-0.15, -0.1) is 0 Å². The van der Waals surface area contributed by atoms with Crippen LogP contribution in [0.2, 0.25) is 0 Å². The molecule has 0 saturated carbocycles. The van der Waals surface area contributed by atoms with Crippen molar-refractivity contribution in [2.45, 2.75) is 45.7 Å². The second kappa shape index (κ2) is 5.83. The maximum absolute atomic E-state index is 6.17.